The van der Waals surface area contributed by atoms with Crippen LogP contribution in [0.2, 0.25) is 0 Å². The largest absolute Gasteiger partial charge is 0.381 e. The van der Waals surface area contributed by atoms with E-state index in [1.54, 1.807) is 0 Å². The lowest BCUT2D eigenvalue weighted by Crippen LogP contribution is -2.25. The minimum absolute atomic E-state index is 0.258. The van der Waals surface area contributed by atoms with Crippen molar-refractivity contribution in [2.45, 2.75) is 26.7 Å². The average molecular weight is 280 g/mol. The van der Waals surface area contributed by atoms with Gasteiger partial charge in [0.15, 0.2) is 0 Å². The maximum Gasteiger partial charge on any atom is 0.231 e. The Balaban J connectivity index is 1.92. The lowest BCUT2D eigenvalue weighted by atomic mass is 10.1. The summed E-state index contributed by atoms with van der Waals surface area (Å²) in [5.41, 5.74) is 5.75. The van der Waals surface area contributed by atoms with Crippen LogP contribution in [-0.2, 0) is 4.74 Å². The normalized spacial score (nSPS) is 18.2. The molecule has 1 aliphatic heterocycles. The van der Waals surface area contributed by atoms with Crippen LogP contribution in [0.4, 0.5) is 17.8 Å². The SMILES string of the molecule is CCN(CC)c1nc(N)nc(NCCC2CCOC2)n1. The van der Waals surface area contributed by atoms with Gasteiger partial charge in [-0.3, -0.25) is 0 Å². The van der Waals surface area contributed by atoms with Crippen molar-refractivity contribution in [1.82, 2.24) is 15.0 Å². The van der Waals surface area contributed by atoms with Gasteiger partial charge in [0.25, 0.3) is 0 Å². The van der Waals surface area contributed by atoms with Crippen molar-refractivity contribution in [1.29, 1.82) is 0 Å². The summed E-state index contributed by atoms with van der Waals surface area (Å²) in [4.78, 5) is 14.8. The number of ether oxygens (including phenoxy) is 1. The highest BCUT2D eigenvalue weighted by molar-refractivity contribution is 5.41. The molecule has 0 aliphatic carbocycles. The van der Waals surface area contributed by atoms with Crippen LogP contribution in [0, 0.1) is 5.92 Å². The van der Waals surface area contributed by atoms with E-state index in [1.165, 1.54) is 0 Å². The fourth-order valence-corrected chi connectivity index (χ4v) is 2.31. The first-order valence-corrected chi connectivity index (χ1v) is 7.31. The average Bonchev–Trinajstić information content (AvgIpc) is 2.93. The molecule has 1 aromatic heterocycles. The standard InChI is InChI=1S/C13H24N6O/c1-3-19(4-2)13-17-11(14)16-12(18-13)15-7-5-10-6-8-20-9-10/h10H,3-9H2,1-2H3,(H3,14,15,16,17,18). The predicted molar refractivity (Wildman–Crippen MR) is 79.8 cm³/mol. The minimum atomic E-state index is 0.258. The summed E-state index contributed by atoms with van der Waals surface area (Å²) in [7, 11) is 0. The Hall–Kier alpha value is -1.63. The molecule has 0 saturated carbocycles. The molecule has 0 radical (unpaired) electrons. The monoisotopic (exact) mass is 280 g/mol. The Morgan fingerprint density at radius 2 is 2.10 bits per heavy atom. The van der Waals surface area contributed by atoms with Crippen LogP contribution in [0.15, 0.2) is 0 Å². The third-order valence-electron chi connectivity index (χ3n) is 3.55. The van der Waals surface area contributed by atoms with Crippen molar-refractivity contribution < 1.29 is 4.74 Å². The number of hydrogen-bond acceptors (Lipinski definition) is 7. The first-order valence-electron chi connectivity index (χ1n) is 7.31. The number of nitrogens with two attached hydrogens (primary N) is 1. The van der Waals surface area contributed by atoms with Gasteiger partial charge in [-0.05, 0) is 32.6 Å². The van der Waals surface area contributed by atoms with Gasteiger partial charge in [0, 0.05) is 32.8 Å². The molecular weight excluding hydrogens is 256 g/mol. The molecule has 0 spiro atoms. The highest BCUT2D eigenvalue weighted by Gasteiger charge is 2.15. The van der Waals surface area contributed by atoms with Crippen molar-refractivity contribution in [2.75, 3.05) is 48.8 Å². The van der Waals surface area contributed by atoms with E-state index in [-0.39, 0.29) is 5.95 Å². The topological polar surface area (TPSA) is 89.2 Å². The lowest BCUT2D eigenvalue weighted by molar-refractivity contribution is 0.185. The molecule has 7 heteroatoms. The van der Waals surface area contributed by atoms with Crippen molar-refractivity contribution in [3.05, 3.63) is 0 Å². The third kappa shape index (κ3) is 3.93. The zero-order valence-corrected chi connectivity index (χ0v) is 12.3. The van der Waals surface area contributed by atoms with Crippen molar-refractivity contribution >= 4 is 17.8 Å². The molecule has 3 N–H and O–H groups in total. The Bertz CT molecular complexity index is 417. The molecule has 112 valence electrons. The highest BCUT2D eigenvalue weighted by atomic mass is 16.5. The van der Waals surface area contributed by atoms with E-state index >= 15 is 0 Å². The number of nitrogens with zero attached hydrogens (tertiary/aromatic N) is 4. The van der Waals surface area contributed by atoms with Crippen LogP contribution < -0.4 is 16.0 Å². The molecular formula is C13H24N6O. The molecule has 0 amide bonds. The van der Waals surface area contributed by atoms with Gasteiger partial charge in [0.2, 0.25) is 17.8 Å². The Morgan fingerprint density at radius 3 is 2.75 bits per heavy atom. The number of rotatable bonds is 7. The van der Waals surface area contributed by atoms with Gasteiger partial charge in [0.05, 0.1) is 0 Å². The van der Waals surface area contributed by atoms with Crippen LogP contribution in [0.1, 0.15) is 26.7 Å². The summed E-state index contributed by atoms with van der Waals surface area (Å²) in [6.45, 7) is 8.40. The van der Waals surface area contributed by atoms with Gasteiger partial charge in [-0.2, -0.15) is 15.0 Å². The van der Waals surface area contributed by atoms with Gasteiger partial charge in [-0.25, -0.2) is 0 Å². The number of aromatic nitrogens is 3. The fraction of sp³-hybridized carbons (Fsp3) is 0.769. The van der Waals surface area contributed by atoms with Crippen LogP contribution in [-0.4, -0.2) is 47.8 Å². The minimum Gasteiger partial charge on any atom is -0.381 e. The Labute approximate surface area is 119 Å². The summed E-state index contributed by atoms with van der Waals surface area (Å²) < 4.78 is 5.36. The molecule has 1 saturated heterocycles. The van der Waals surface area contributed by atoms with Crippen molar-refractivity contribution in [2.24, 2.45) is 5.92 Å². The molecule has 2 rings (SSSR count). The molecule has 1 aromatic rings. The van der Waals surface area contributed by atoms with Gasteiger partial charge in [-0.1, -0.05) is 0 Å². The summed E-state index contributed by atoms with van der Waals surface area (Å²) >= 11 is 0. The quantitative estimate of drug-likeness (QED) is 0.774. The van der Waals surface area contributed by atoms with Gasteiger partial charge in [-0.15, -0.1) is 0 Å². The van der Waals surface area contributed by atoms with E-state index in [4.69, 9.17) is 10.5 Å². The molecule has 1 atom stereocenters. The maximum absolute atomic E-state index is 5.75. The van der Waals surface area contributed by atoms with E-state index in [1.807, 2.05) is 4.90 Å². The molecule has 1 unspecified atom stereocenters. The molecule has 20 heavy (non-hydrogen) atoms. The highest BCUT2D eigenvalue weighted by Crippen LogP contribution is 2.16. The van der Waals surface area contributed by atoms with E-state index < -0.39 is 0 Å². The van der Waals surface area contributed by atoms with Gasteiger partial charge < -0.3 is 20.7 Å². The number of nitrogen functional groups attached to an aromatic ring is 1. The zero-order valence-electron chi connectivity index (χ0n) is 12.3. The van der Waals surface area contributed by atoms with Crippen LogP contribution in [0.5, 0.6) is 0 Å². The molecule has 0 bridgehead atoms. The zero-order chi connectivity index (χ0) is 14.4. The van der Waals surface area contributed by atoms with E-state index in [0.717, 1.165) is 45.7 Å². The Morgan fingerprint density at radius 1 is 1.30 bits per heavy atom. The smallest absolute Gasteiger partial charge is 0.231 e. The second kappa shape index (κ2) is 7.23. The second-order valence-electron chi connectivity index (χ2n) is 4.93. The second-order valence-corrected chi connectivity index (χ2v) is 4.93. The van der Waals surface area contributed by atoms with E-state index in [9.17, 15) is 0 Å². The summed E-state index contributed by atoms with van der Waals surface area (Å²) in [5.74, 6) is 2.09. The van der Waals surface area contributed by atoms with Crippen LogP contribution >= 0.6 is 0 Å². The van der Waals surface area contributed by atoms with Crippen molar-refractivity contribution in [3.8, 4) is 0 Å². The summed E-state index contributed by atoms with van der Waals surface area (Å²) in [6, 6.07) is 0. The fourth-order valence-electron chi connectivity index (χ4n) is 2.31. The third-order valence-corrected chi connectivity index (χ3v) is 3.55. The van der Waals surface area contributed by atoms with Crippen molar-refractivity contribution in [3.63, 3.8) is 0 Å². The summed E-state index contributed by atoms with van der Waals surface area (Å²) in [6.07, 6.45) is 2.21. The van der Waals surface area contributed by atoms with Gasteiger partial charge >= 0.3 is 0 Å². The maximum atomic E-state index is 5.75. The summed E-state index contributed by atoms with van der Waals surface area (Å²) in [5, 5.41) is 3.23. The first-order chi connectivity index (χ1) is 9.72. The molecule has 1 fully saturated rings. The Kier molecular flexibility index (Phi) is 5.34. The molecule has 7 nitrogen and oxygen atoms in total. The van der Waals surface area contributed by atoms with E-state index in [0.29, 0.717) is 17.8 Å². The number of anilines is 3. The molecule has 0 aromatic carbocycles. The van der Waals surface area contributed by atoms with Gasteiger partial charge in [0.1, 0.15) is 0 Å². The predicted octanol–water partition coefficient (Wildman–Crippen LogP) is 1.14. The number of nitrogens with one attached hydrogen (secondary N) is 1. The van der Waals surface area contributed by atoms with Crippen LogP contribution in [0.3, 0.4) is 0 Å². The number of hydrogen-bond donors (Lipinski definition) is 2. The van der Waals surface area contributed by atoms with Crippen LogP contribution in [0.25, 0.3) is 0 Å². The lowest BCUT2D eigenvalue weighted by Gasteiger charge is -2.19. The van der Waals surface area contributed by atoms with E-state index in [2.05, 4.69) is 34.1 Å². The molecule has 2 heterocycles. The first kappa shape index (κ1) is 14.8. The molecule has 1 aliphatic rings.